The Hall–Kier alpha value is -1.64. The van der Waals surface area contributed by atoms with Crippen LogP contribution in [0.25, 0.3) is 0 Å². The minimum atomic E-state index is -0.879. The van der Waals surface area contributed by atoms with Crippen LogP contribution in [-0.2, 0) is 4.79 Å². The fraction of sp³-hybridized carbons (Fsp3) is 0.467. The highest BCUT2D eigenvalue weighted by molar-refractivity contribution is 5.99. The van der Waals surface area contributed by atoms with Gasteiger partial charge in [0.1, 0.15) is 0 Å². The summed E-state index contributed by atoms with van der Waals surface area (Å²) >= 11 is 0. The zero-order valence-corrected chi connectivity index (χ0v) is 10.3. The summed E-state index contributed by atoms with van der Waals surface area (Å²) in [6.07, 6.45) is 4.15. The van der Waals surface area contributed by atoms with E-state index in [1.54, 1.807) is 12.1 Å². The Labute approximate surface area is 107 Å². The predicted molar refractivity (Wildman–Crippen MR) is 68.5 cm³/mol. The highest BCUT2D eigenvalue weighted by atomic mass is 16.4. The number of benzene rings is 1. The Bertz CT molecular complexity index is 419. The van der Waals surface area contributed by atoms with E-state index < -0.39 is 5.97 Å². The van der Waals surface area contributed by atoms with Gasteiger partial charge in [0, 0.05) is 11.5 Å². The molecule has 0 aliphatic heterocycles. The molecule has 1 aliphatic carbocycles. The maximum absolute atomic E-state index is 12.4. The van der Waals surface area contributed by atoms with Gasteiger partial charge in [-0.25, -0.2) is 0 Å². The van der Waals surface area contributed by atoms with Crippen LogP contribution in [0.1, 0.15) is 42.5 Å². The van der Waals surface area contributed by atoms with Crippen molar-refractivity contribution in [2.24, 2.45) is 11.8 Å². The molecule has 0 aromatic heterocycles. The standard InChI is InChI=1S/C15H18O3/c16-14(17)10-13(11-6-4-5-7-11)15(18)12-8-2-1-3-9-12/h1-3,8-9,11,13H,4-7,10H2,(H,16,17). The molecule has 1 aliphatic rings. The van der Waals surface area contributed by atoms with Crippen LogP contribution in [0.2, 0.25) is 0 Å². The highest BCUT2D eigenvalue weighted by Crippen LogP contribution is 2.35. The van der Waals surface area contributed by atoms with E-state index in [2.05, 4.69) is 0 Å². The number of carbonyl (C=O) groups excluding carboxylic acids is 1. The summed E-state index contributed by atoms with van der Waals surface area (Å²) in [4.78, 5) is 23.4. The van der Waals surface area contributed by atoms with Gasteiger partial charge in [-0.1, -0.05) is 43.2 Å². The van der Waals surface area contributed by atoms with Crippen LogP contribution in [-0.4, -0.2) is 16.9 Å². The lowest BCUT2D eigenvalue weighted by atomic mass is 9.82. The topological polar surface area (TPSA) is 54.4 Å². The molecule has 1 aromatic carbocycles. The molecule has 18 heavy (non-hydrogen) atoms. The van der Waals surface area contributed by atoms with Crippen LogP contribution in [0, 0.1) is 11.8 Å². The molecule has 0 spiro atoms. The van der Waals surface area contributed by atoms with Gasteiger partial charge >= 0.3 is 5.97 Å². The Morgan fingerprint density at radius 2 is 1.78 bits per heavy atom. The van der Waals surface area contributed by atoms with Gasteiger partial charge in [-0.05, 0) is 18.8 Å². The van der Waals surface area contributed by atoms with Crippen LogP contribution in [0.15, 0.2) is 30.3 Å². The minimum Gasteiger partial charge on any atom is -0.481 e. The number of carboxylic acid groups (broad SMARTS) is 1. The van der Waals surface area contributed by atoms with Gasteiger partial charge in [0.25, 0.3) is 0 Å². The molecule has 0 amide bonds. The van der Waals surface area contributed by atoms with Crippen molar-refractivity contribution >= 4 is 11.8 Å². The van der Waals surface area contributed by atoms with Crippen LogP contribution in [0.4, 0.5) is 0 Å². The quantitative estimate of drug-likeness (QED) is 0.812. The second-order valence-electron chi connectivity index (χ2n) is 4.98. The van der Waals surface area contributed by atoms with Crippen molar-refractivity contribution in [2.75, 3.05) is 0 Å². The third-order valence-corrected chi connectivity index (χ3v) is 3.76. The molecule has 3 nitrogen and oxygen atoms in total. The summed E-state index contributed by atoms with van der Waals surface area (Å²) in [6, 6.07) is 9.04. The van der Waals surface area contributed by atoms with Crippen molar-refractivity contribution in [1.82, 2.24) is 0 Å². The minimum absolute atomic E-state index is 0.00935. The second-order valence-corrected chi connectivity index (χ2v) is 4.98. The molecule has 1 atom stereocenters. The lowest BCUT2D eigenvalue weighted by Crippen LogP contribution is -2.25. The molecule has 0 radical (unpaired) electrons. The predicted octanol–water partition coefficient (Wildman–Crippen LogP) is 3.15. The Morgan fingerprint density at radius 3 is 2.33 bits per heavy atom. The Morgan fingerprint density at radius 1 is 1.17 bits per heavy atom. The molecule has 3 heteroatoms. The molecule has 2 rings (SSSR count). The summed E-state index contributed by atoms with van der Waals surface area (Å²) in [7, 11) is 0. The first-order valence-electron chi connectivity index (χ1n) is 6.49. The largest absolute Gasteiger partial charge is 0.481 e. The van der Waals surface area contributed by atoms with Crippen LogP contribution in [0.5, 0.6) is 0 Å². The number of carbonyl (C=O) groups is 2. The molecule has 1 N–H and O–H groups in total. The first kappa shape index (κ1) is 12.8. The van der Waals surface area contributed by atoms with Crippen molar-refractivity contribution in [3.8, 4) is 0 Å². The number of rotatable bonds is 5. The summed E-state index contributed by atoms with van der Waals surface area (Å²) in [6.45, 7) is 0. The van der Waals surface area contributed by atoms with Crippen molar-refractivity contribution < 1.29 is 14.7 Å². The summed E-state index contributed by atoms with van der Waals surface area (Å²) in [5.74, 6) is -0.998. The second kappa shape index (κ2) is 5.80. The Balaban J connectivity index is 2.17. The number of carboxylic acids is 1. The summed E-state index contributed by atoms with van der Waals surface area (Å²) in [5.41, 5.74) is 0.635. The molecule has 0 saturated heterocycles. The van der Waals surface area contributed by atoms with E-state index >= 15 is 0 Å². The summed E-state index contributed by atoms with van der Waals surface area (Å²) in [5, 5.41) is 8.99. The van der Waals surface area contributed by atoms with Gasteiger partial charge in [0.05, 0.1) is 6.42 Å². The smallest absolute Gasteiger partial charge is 0.304 e. The fourth-order valence-corrected chi connectivity index (χ4v) is 2.84. The first-order chi connectivity index (χ1) is 8.68. The van der Waals surface area contributed by atoms with Crippen molar-refractivity contribution in [2.45, 2.75) is 32.1 Å². The van der Waals surface area contributed by atoms with Crippen molar-refractivity contribution in [3.63, 3.8) is 0 Å². The van der Waals surface area contributed by atoms with Crippen molar-refractivity contribution in [3.05, 3.63) is 35.9 Å². The molecule has 1 aromatic rings. The summed E-state index contributed by atoms with van der Waals surface area (Å²) < 4.78 is 0. The Kier molecular flexibility index (Phi) is 4.13. The lowest BCUT2D eigenvalue weighted by molar-refractivity contribution is -0.138. The maximum Gasteiger partial charge on any atom is 0.304 e. The van der Waals surface area contributed by atoms with Gasteiger partial charge in [-0.2, -0.15) is 0 Å². The molecule has 1 saturated carbocycles. The number of aliphatic carboxylic acids is 1. The molecule has 0 bridgehead atoms. The average Bonchev–Trinajstić information content (AvgIpc) is 2.89. The zero-order chi connectivity index (χ0) is 13.0. The number of hydrogen-bond acceptors (Lipinski definition) is 2. The van der Waals surface area contributed by atoms with E-state index in [4.69, 9.17) is 5.11 Å². The van der Waals surface area contributed by atoms with Gasteiger partial charge in [0.2, 0.25) is 0 Å². The van der Waals surface area contributed by atoms with E-state index in [9.17, 15) is 9.59 Å². The molecular weight excluding hydrogens is 228 g/mol. The molecule has 1 unspecified atom stereocenters. The molecule has 1 fully saturated rings. The van der Waals surface area contributed by atoms with Gasteiger partial charge in [-0.15, -0.1) is 0 Å². The number of ketones is 1. The van der Waals surface area contributed by atoms with E-state index in [0.717, 1.165) is 25.7 Å². The third kappa shape index (κ3) is 2.97. The maximum atomic E-state index is 12.4. The van der Waals surface area contributed by atoms with E-state index in [-0.39, 0.29) is 24.0 Å². The normalized spacial score (nSPS) is 17.6. The zero-order valence-electron chi connectivity index (χ0n) is 10.3. The van der Waals surface area contributed by atoms with Crippen molar-refractivity contribution in [1.29, 1.82) is 0 Å². The third-order valence-electron chi connectivity index (χ3n) is 3.76. The van der Waals surface area contributed by atoms with E-state index in [0.29, 0.717) is 5.56 Å². The van der Waals surface area contributed by atoms with Crippen LogP contribution in [0.3, 0.4) is 0 Å². The fourth-order valence-electron chi connectivity index (χ4n) is 2.84. The SMILES string of the molecule is O=C(O)CC(C(=O)c1ccccc1)C1CCCC1. The monoisotopic (exact) mass is 246 g/mol. The number of Topliss-reactive ketones (excluding diaryl/α,β-unsaturated/α-hetero) is 1. The highest BCUT2D eigenvalue weighted by Gasteiger charge is 2.32. The van der Waals surface area contributed by atoms with Gasteiger partial charge in [-0.3, -0.25) is 9.59 Å². The first-order valence-corrected chi connectivity index (χ1v) is 6.49. The lowest BCUT2D eigenvalue weighted by Gasteiger charge is -2.20. The van der Waals surface area contributed by atoms with Gasteiger partial charge < -0.3 is 5.11 Å². The van der Waals surface area contributed by atoms with E-state index in [1.807, 2.05) is 18.2 Å². The molecule has 96 valence electrons. The average molecular weight is 246 g/mol. The number of hydrogen-bond donors (Lipinski definition) is 1. The van der Waals surface area contributed by atoms with E-state index in [1.165, 1.54) is 0 Å². The molecule has 0 heterocycles. The van der Waals surface area contributed by atoms with Crippen LogP contribution < -0.4 is 0 Å². The van der Waals surface area contributed by atoms with Crippen LogP contribution >= 0.6 is 0 Å². The molecular formula is C15H18O3. The van der Waals surface area contributed by atoms with Gasteiger partial charge in [0.15, 0.2) is 5.78 Å².